The second kappa shape index (κ2) is 5.85. The molecule has 0 saturated heterocycles. The van der Waals surface area contributed by atoms with Crippen molar-refractivity contribution in [2.75, 3.05) is 7.05 Å². The SMILES string of the molecule is CN(Cc1ccc(Br)cc1)C(=O)C(N)C(C)(C)C. The van der Waals surface area contributed by atoms with Gasteiger partial charge in [0.2, 0.25) is 5.91 Å². The summed E-state index contributed by atoms with van der Waals surface area (Å²) >= 11 is 3.39. The molecule has 4 heteroatoms. The first-order valence-electron chi connectivity index (χ1n) is 5.97. The van der Waals surface area contributed by atoms with Crippen molar-refractivity contribution in [3.05, 3.63) is 34.3 Å². The first-order valence-corrected chi connectivity index (χ1v) is 6.76. The molecule has 0 bridgehead atoms. The predicted molar refractivity (Wildman–Crippen MR) is 78.0 cm³/mol. The van der Waals surface area contributed by atoms with Gasteiger partial charge in [0.05, 0.1) is 6.04 Å². The van der Waals surface area contributed by atoms with Gasteiger partial charge in [-0.05, 0) is 23.1 Å². The summed E-state index contributed by atoms with van der Waals surface area (Å²) in [4.78, 5) is 13.8. The molecule has 3 nitrogen and oxygen atoms in total. The molecule has 0 heterocycles. The first kappa shape index (κ1) is 15.2. The number of halogens is 1. The van der Waals surface area contributed by atoms with Crippen LogP contribution < -0.4 is 5.73 Å². The van der Waals surface area contributed by atoms with Crippen LogP contribution in [0, 0.1) is 5.41 Å². The fraction of sp³-hybridized carbons (Fsp3) is 0.500. The van der Waals surface area contributed by atoms with E-state index in [1.165, 1.54) is 0 Å². The number of nitrogens with two attached hydrogens (primary N) is 1. The maximum Gasteiger partial charge on any atom is 0.240 e. The monoisotopic (exact) mass is 312 g/mol. The van der Waals surface area contributed by atoms with Crippen molar-refractivity contribution < 1.29 is 4.79 Å². The maximum absolute atomic E-state index is 12.2. The van der Waals surface area contributed by atoms with Gasteiger partial charge in [-0.1, -0.05) is 48.8 Å². The third-order valence-electron chi connectivity index (χ3n) is 2.91. The molecule has 0 fully saturated rings. The van der Waals surface area contributed by atoms with Crippen LogP contribution in [0.15, 0.2) is 28.7 Å². The average Bonchev–Trinajstić information content (AvgIpc) is 2.29. The number of likely N-dealkylation sites (N-methyl/N-ethyl adjacent to an activating group) is 1. The van der Waals surface area contributed by atoms with E-state index >= 15 is 0 Å². The molecule has 2 N–H and O–H groups in total. The number of carbonyl (C=O) groups is 1. The van der Waals surface area contributed by atoms with E-state index < -0.39 is 6.04 Å². The summed E-state index contributed by atoms with van der Waals surface area (Å²) in [5.41, 5.74) is 6.85. The summed E-state index contributed by atoms with van der Waals surface area (Å²) in [6.07, 6.45) is 0. The van der Waals surface area contributed by atoms with Crippen LogP contribution in [0.2, 0.25) is 0 Å². The van der Waals surface area contributed by atoms with E-state index in [4.69, 9.17) is 5.73 Å². The molecule has 1 rings (SSSR count). The zero-order valence-electron chi connectivity index (χ0n) is 11.4. The molecule has 0 saturated carbocycles. The number of nitrogens with zero attached hydrogens (tertiary/aromatic N) is 1. The lowest BCUT2D eigenvalue weighted by atomic mass is 9.86. The lowest BCUT2D eigenvalue weighted by Gasteiger charge is -2.30. The average molecular weight is 313 g/mol. The molecule has 0 aliphatic carbocycles. The van der Waals surface area contributed by atoms with Gasteiger partial charge in [0.1, 0.15) is 0 Å². The Morgan fingerprint density at radius 1 is 1.33 bits per heavy atom. The minimum atomic E-state index is -0.474. The predicted octanol–water partition coefficient (Wildman–Crippen LogP) is 2.78. The van der Waals surface area contributed by atoms with Gasteiger partial charge in [-0.25, -0.2) is 0 Å². The van der Waals surface area contributed by atoms with Gasteiger partial charge in [0.15, 0.2) is 0 Å². The van der Waals surface area contributed by atoms with Crippen LogP contribution in [0.3, 0.4) is 0 Å². The molecule has 1 atom stereocenters. The molecule has 1 aromatic carbocycles. The highest BCUT2D eigenvalue weighted by Crippen LogP contribution is 2.19. The van der Waals surface area contributed by atoms with Crippen LogP contribution in [0.5, 0.6) is 0 Å². The Morgan fingerprint density at radius 2 is 1.83 bits per heavy atom. The van der Waals surface area contributed by atoms with Crippen molar-refractivity contribution in [2.24, 2.45) is 11.1 Å². The van der Waals surface area contributed by atoms with E-state index in [1.54, 1.807) is 11.9 Å². The van der Waals surface area contributed by atoms with Gasteiger partial charge in [0, 0.05) is 18.1 Å². The van der Waals surface area contributed by atoms with Crippen LogP contribution in [-0.2, 0) is 11.3 Å². The minimum absolute atomic E-state index is 0.0228. The number of rotatable bonds is 3. The smallest absolute Gasteiger partial charge is 0.240 e. The van der Waals surface area contributed by atoms with Crippen LogP contribution in [0.4, 0.5) is 0 Å². The lowest BCUT2D eigenvalue weighted by molar-refractivity contribution is -0.134. The topological polar surface area (TPSA) is 46.3 Å². The second-order valence-electron chi connectivity index (χ2n) is 5.66. The molecule has 0 aliphatic heterocycles. The van der Waals surface area contributed by atoms with Crippen molar-refractivity contribution in [1.82, 2.24) is 4.90 Å². The lowest BCUT2D eigenvalue weighted by Crippen LogP contribution is -2.48. The molecule has 1 unspecified atom stereocenters. The summed E-state index contributed by atoms with van der Waals surface area (Å²) in [6, 6.07) is 7.46. The Hall–Kier alpha value is -0.870. The number of hydrogen-bond donors (Lipinski definition) is 1. The normalized spacial score (nSPS) is 13.2. The van der Waals surface area contributed by atoms with Gasteiger partial charge in [0.25, 0.3) is 0 Å². The van der Waals surface area contributed by atoms with E-state index in [9.17, 15) is 4.79 Å². The Balaban J connectivity index is 2.68. The maximum atomic E-state index is 12.2. The molecule has 0 aromatic heterocycles. The molecule has 0 aliphatic rings. The van der Waals surface area contributed by atoms with E-state index in [2.05, 4.69) is 15.9 Å². The Bertz CT molecular complexity index is 409. The first-order chi connectivity index (χ1) is 8.21. The van der Waals surface area contributed by atoms with Crippen molar-refractivity contribution in [3.8, 4) is 0 Å². The van der Waals surface area contributed by atoms with Gasteiger partial charge in [-0.3, -0.25) is 4.79 Å². The number of benzene rings is 1. The standard InChI is InChI=1S/C14H21BrN2O/c1-14(2,3)12(16)13(18)17(4)9-10-5-7-11(15)8-6-10/h5-8,12H,9,16H2,1-4H3. The van der Waals surface area contributed by atoms with E-state index in [0.29, 0.717) is 6.54 Å². The van der Waals surface area contributed by atoms with Gasteiger partial charge in [-0.15, -0.1) is 0 Å². The Kier molecular flexibility index (Phi) is 4.93. The van der Waals surface area contributed by atoms with Crippen molar-refractivity contribution in [1.29, 1.82) is 0 Å². The molecule has 100 valence electrons. The van der Waals surface area contributed by atoms with E-state index in [1.807, 2.05) is 45.0 Å². The molecule has 0 radical (unpaired) electrons. The van der Waals surface area contributed by atoms with Crippen molar-refractivity contribution >= 4 is 21.8 Å². The minimum Gasteiger partial charge on any atom is -0.340 e. The summed E-state index contributed by atoms with van der Waals surface area (Å²) < 4.78 is 1.03. The van der Waals surface area contributed by atoms with Crippen LogP contribution >= 0.6 is 15.9 Å². The molecule has 1 aromatic rings. The molecular formula is C14H21BrN2O. The summed E-state index contributed by atoms with van der Waals surface area (Å²) in [7, 11) is 1.79. The second-order valence-corrected chi connectivity index (χ2v) is 6.58. The van der Waals surface area contributed by atoms with Crippen LogP contribution in [0.25, 0.3) is 0 Å². The fourth-order valence-electron chi connectivity index (χ4n) is 1.55. The molecular weight excluding hydrogens is 292 g/mol. The number of carbonyl (C=O) groups excluding carboxylic acids is 1. The Morgan fingerprint density at radius 3 is 2.28 bits per heavy atom. The number of amides is 1. The summed E-state index contributed by atoms with van der Waals surface area (Å²) in [5, 5.41) is 0. The molecule has 0 spiro atoms. The third-order valence-corrected chi connectivity index (χ3v) is 3.44. The number of hydrogen-bond acceptors (Lipinski definition) is 2. The van der Waals surface area contributed by atoms with Gasteiger partial charge < -0.3 is 10.6 Å². The van der Waals surface area contributed by atoms with Crippen molar-refractivity contribution in [2.45, 2.75) is 33.4 Å². The fourth-order valence-corrected chi connectivity index (χ4v) is 1.81. The highest BCUT2D eigenvalue weighted by molar-refractivity contribution is 9.10. The highest BCUT2D eigenvalue weighted by atomic mass is 79.9. The van der Waals surface area contributed by atoms with Crippen molar-refractivity contribution in [3.63, 3.8) is 0 Å². The highest BCUT2D eigenvalue weighted by Gasteiger charge is 2.29. The zero-order valence-corrected chi connectivity index (χ0v) is 13.0. The summed E-state index contributed by atoms with van der Waals surface area (Å²) in [5.74, 6) is -0.0228. The van der Waals surface area contributed by atoms with Crippen LogP contribution in [-0.4, -0.2) is 23.9 Å². The summed E-state index contributed by atoms with van der Waals surface area (Å²) in [6.45, 7) is 6.50. The van der Waals surface area contributed by atoms with E-state index in [0.717, 1.165) is 10.0 Å². The Labute approximate surface area is 117 Å². The molecule has 18 heavy (non-hydrogen) atoms. The third kappa shape index (κ3) is 4.10. The van der Waals surface area contributed by atoms with E-state index in [-0.39, 0.29) is 11.3 Å². The van der Waals surface area contributed by atoms with Gasteiger partial charge in [-0.2, -0.15) is 0 Å². The quantitative estimate of drug-likeness (QED) is 0.933. The van der Waals surface area contributed by atoms with Crippen LogP contribution in [0.1, 0.15) is 26.3 Å². The zero-order chi connectivity index (χ0) is 13.9. The van der Waals surface area contributed by atoms with Gasteiger partial charge >= 0.3 is 0 Å². The largest absolute Gasteiger partial charge is 0.340 e. The molecule has 1 amide bonds.